The van der Waals surface area contributed by atoms with E-state index >= 15 is 0 Å². The van der Waals surface area contributed by atoms with Crippen LogP contribution in [0.2, 0.25) is 0 Å². The van der Waals surface area contributed by atoms with Gasteiger partial charge < -0.3 is 5.73 Å². The first kappa shape index (κ1) is 12.8. The van der Waals surface area contributed by atoms with E-state index in [0.29, 0.717) is 0 Å². The number of benzene rings is 1. The Morgan fingerprint density at radius 3 is 2.44 bits per heavy atom. The smallest absolute Gasteiger partial charge is 0.399 e. The molecule has 0 aromatic heterocycles. The monoisotopic (exact) mass is 251 g/mol. The van der Waals surface area contributed by atoms with Crippen LogP contribution in [0.5, 0.6) is 0 Å². The second-order valence-electron chi connectivity index (χ2n) is 3.32. The molecule has 0 amide bonds. The number of alkyl halides is 4. The van der Waals surface area contributed by atoms with Gasteiger partial charge in [0, 0.05) is 5.69 Å². The zero-order chi connectivity index (χ0) is 12.5. The number of Topliss-reactive ketones (excluding diaryl/α,β-unsaturated/α-hetero) is 1. The molecule has 0 aliphatic heterocycles. The third kappa shape index (κ3) is 2.66. The predicted molar refractivity (Wildman–Crippen MR) is 55.1 cm³/mol. The van der Waals surface area contributed by atoms with E-state index in [1.165, 1.54) is 6.07 Å². The summed E-state index contributed by atoms with van der Waals surface area (Å²) in [4.78, 5) is 11.0. The minimum atomic E-state index is -4.58. The van der Waals surface area contributed by atoms with Crippen LogP contribution < -0.4 is 5.73 Å². The van der Waals surface area contributed by atoms with Crippen LogP contribution in [0.25, 0.3) is 0 Å². The van der Waals surface area contributed by atoms with E-state index in [9.17, 15) is 18.0 Å². The fraction of sp³-hybridized carbons (Fsp3) is 0.300. The molecule has 0 saturated heterocycles. The molecule has 0 aliphatic carbocycles. The average molecular weight is 252 g/mol. The predicted octanol–water partition coefficient (Wildman–Crippen LogP) is 3.16. The lowest BCUT2D eigenvalue weighted by atomic mass is 10.0. The Balaban J connectivity index is 3.34. The quantitative estimate of drug-likeness (QED) is 0.648. The van der Waals surface area contributed by atoms with Crippen LogP contribution in [0.4, 0.5) is 18.9 Å². The molecule has 0 radical (unpaired) electrons. The van der Waals surface area contributed by atoms with E-state index in [0.717, 1.165) is 19.1 Å². The highest BCUT2D eigenvalue weighted by molar-refractivity contribution is 6.30. The van der Waals surface area contributed by atoms with Crippen LogP contribution in [0.1, 0.15) is 23.4 Å². The summed E-state index contributed by atoms with van der Waals surface area (Å²) in [5, 5.41) is -1.31. The van der Waals surface area contributed by atoms with Gasteiger partial charge in [-0.3, -0.25) is 4.79 Å². The number of anilines is 1. The summed E-state index contributed by atoms with van der Waals surface area (Å²) in [6.45, 7) is 1.13. The summed E-state index contributed by atoms with van der Waals surface area (Å²) < 4.78 is 37.9. The number of carbonyl (C=O) groups is 1. The summed E-state index contributed by atoms with van der Waals surface area (Å²) in [7, 11) is 0. The second-order valence-corrected chi connectivity index (χ2v) is 3.75. The summed E-state index contributed by atoms with van der Waals surface area (Å²) in [6, 6.07) is 3.17. The highest BCUT2D eigenvalue weighted by Gasteiger charge is 2.35. The third-order valence-corrected chi connectivity index (χ3v) is 2.56. The molecule has 1 unspecified atom stereocenters. The maximum absolute atomic E-state index is 12.6. The van der Waals surface area contributed by atoms with Crippen molar-refractivity contribution in [2.45, 2.75) is 18.5 Å². The van der Waals surface area contributed by atoms with Gasteiger partial charge in [-0.15, -0.1) is 11.6 Å². The van der Waals surface area contributed by atoms with Gasteiger partial charge in [0.2, 0.25) is 0 Å². The van der Waals surface area contributed by atoms with Crippen molar-refractivity contribution in [1.82, 2.24) is 0 Å². The van der Waals surface area contributed by atoms with E-state index in [2.05, 4.69) is 0 Å². The minimum Gasteiger partial charge on any atom is -0.399 e. The van der Waals surface area contributed by atoms with Gasteiger partial charge in [-0.2, -0.15) is 13.2 Å². The zero-order valence-corrected chi connectivity index (χ0v) is 9.06. The third-order valence-electron chi connectivity index (χ3n) is 2.01. The molecule has 0 bridgehead atoms. The van der Waals surface area contributed by atoms with Crippen molar-refractivity contribution in [3.05, 3.63) is 29.3 Å². The first-order valence-electron chi connectivity index (χ1n) is 4.34. The van der Waals surface area contributed by atoms with Crippen LogP contribution in [0.15, 0.2) is 18.2 Å². The number of rotatable bonds is 2. The van der Waals surface area contributed by atoms with E-state index in [1.54, 1.807) is 0 Å². The molecular formula is C10H9ClF3NO. The summed E-state index contributed by atoms with van der Waals surface area (Å²) in [5.74, 6) is -0.545. The Morgan fingerprint density at radius 1 is 1.44 bits per heavy atom. The van der Waals surface area contributed by atoms with Gasteiger partial charge in [-0.1, -0.05) is 6.07 Å². The molecule has 1 atom stereocenters. The van der Waals surface area contributed by atoms with E-state index in [4.69, 9.17) is 17.3 Å². The largest absolute Gasteiger partial charge is 0.416 e. The number of ketones is 1. The van der Waals surface area contributed by atoms with Crippen LogP contribution >= 0.6 is 11.6 Å². The number of nitrogens with two attached hydrogens (primary N) is 1. The Labute approximate surface area is 95.2 Å². The van der Waals surface area contributed by atoms with Gasteiger partial charge in [0.15, 0.2) is 5.78 Å². The fourth-order valence-electron chi connectivity index (χ4n) is 1.26. The molecule has 2 N–H and O–H groups in total. The highest BCUT2D eigenvalue weighted by atomic mass is 35.5. The summed E-state index contributed by atoms with van der Waals surface area (Å²) in [5.41, 5.74) is 4.01. The van der Waals surface area contributed by atoms with Crippen molar-refractivity contribution in [2.24, 2.45) is 0 Å². The van der Waals surface area contributed by atoms with Crippen LogP contribution in [-0.2, 0) is 11.0 Å². The molecule has 1 aromatic carbocycles. The molecule has 2 nitrogen and oxygen atoms in total. The van der Waals surface area contributed by atoms with Gasteiger partial charge in [-0.25, -0.2) is 0 Å². The molecule has 0 aliphatic rings. The van der Waals surface area contributed by atoms with Crippen LogP contribution in [-0.4, -0.2) is 5.78 Å². The zero-order valence-electron chi connectivity index (χ0n) is 8.31. The van der Waals surface area contributed by atoms with Gasteiger partial charge in [0.25, 0.3) is 0 Å². The van der Waals surface area contributed by atoms with Crippen LogP contribution in [0, 0.1) is 0 Å². The molecule has 0 spiro atoms. The van der Waals surface area contributed by atoms with Crippen molar-refractivity contribution in [1.29, 1.82) is 0 Å². The molecule has 0 saturated carbocycles. The maximum Gasteiger partial charge on any atom is 0.416 e. The average Bonchev–Trinajstić information content (AvgIpc) is 2.15. The van der Waals surface area contributed by atoms with E-state index in [-0.39, 0.29) is 11.3 Å². The maximum atomic E-state index is 12.6. The highest BCUT2D eigenvalue weighted by Crippen LogP contribution is 2.37. The van der Waals surface area contributed by atoms with Gasteiger partial charge in [0.05, 0.1) is 5.56 Å². The molecule has 1 aromatic rings. The summed E-state index contributed by atoms with van der Waals surface area (Å²) >= 11 is 5.61. The van der Waals surface area contributed by atoms with E-state index in [1.807, 2.05) is 0 Å². The Morgan fingerprint density at radius 2 is 2.00 bits per heavy atom. The van der Waals surface area contributed by atoms with E-state index < -0.39 is 22.9 Å². The van der Waals surface area contributed by atoms with Crippen molar-refractivity contribution in [3.63, 3.8) is 0 Å². The lowest BCUT2D eigenvalue weighted by Crippen LogP contribution is -2.13. The number of halogens is 4. The SMILES string of the molecule is CC(=O)C(Cl)c1ccc(N)cc1C(F)(F)F. The van der Waals surface area contributed by atoms with Crippen molar-refractivity contribution in [3.8, 4) is 0 Å². The molecular weight excluding hydrogens is 243 g/mol. The van der Waals surface area contributed by atoms with Crippen molar-refractivity contribution >= 4 is 23.1 Å². The number of hydrogen-bond donors (Lipinski definition) is 1. The molecule has 0 fully saturated rings. The lowest BCUT2D eigenvalue weighted by molar-refractivity contribution is -0.138. The van der Waals surface area contributed by atoms with Crippen LogP contribution in [0.3, 0.4) is 0 Å². The lowest BCUT2D eigenvalue weighted by Gasteiger charge is -2.15. The first-order valence-corrected chi connectivity index (χ1v) is 4.78. The van der Waals surface area contributed by atoms with Crippen molar-refractivity contribution < 1.29 is 18.0 Å². The molecule has 1 rings (SSSR count). The first-order chi connectivity index (χ1) is 7.23. The number of carbonyl (C=O) groups excluding carboxylic acids is 1. The van der Waals surface area contributed by atoms with Gasteiger partial charge >= 0.3 is 6.18 Å². The minimum absolute atomic E-state index is 0.0245. The Hall–Kier alpha value is -1.23. The van der Waals surface area contributed by atoms with Gasteiger partial charge in [-0.05, 0) is 24.6 Å². The van der Waals surface area contributed by atoms with Gasteiger partial charge in [0.1, 0.15) is 5.38 Å². The Kier molecular flexibility index (Phi) is 3.48. The standard InChI is InChI=1S/C10H9ClF3NO/c1-5(16)9(11)7-3-2-6(15)4-8(7)10(12,13)14/h2-4,9H,15H2,1H3. The molecule has 0 heterocycles. The number of nitrogen functional groups attached to an aromatic ring is 1. The normalized spacial score (nSPS) is 13.6. The number of hydrogen-bond acceptors (Lipinski definition) is 2. The topological polar surface area (TPSA) is 43.1 Å². The molecule has 6 heteroatoms. The molecule has 16 heavy (non-hydrogen) atoms. The summed E-state index contributed by atoms with van der Waals surface area (Å²) in [6.07, 6.45) is -4.58. The molecule has 88 valence electrons. The van der Waals surface area contributed by atoms with Crippen molar-refractivity contribution in [2.75, 3.05) is 5.73 Å². The Bertz CT molecular complexity index is 417. The fourth-order valence-corrected chi connectivity index (χ4v) is 1.45. The second kappa shape index (κ2) is 4.33.